The van der Waals surface area contributed by atoms with Gasteiger partial charge in [-0.05, 0) is 19.1 Å². The van der Waals surface area contributed by atoms with Crippen LogP contribution in [-0.4, -0.2) is 32.8 Å². The number of ether oxygens (including phenoxy) is 1. The van der Waals surface area contributed by atoms with Gasteiger partial charge in [-0.2, -0.15) is 0 Å². The molecule has 0 amide bonds. The number of halogens is 1. The Kier molecular flexibility index (Phi) is 3.29. The lowest BCUT2D eigenvalue weighted by Gasteiger charge is -2.33. The minimum Gasteiger partial charge on any atom is -0.494 e. The van der Waals surface area contributed by atoms with Crippen LogP contribution in [0.4, 0.5) is 10.1 Å². The molecule has 0 bridgehead atoms. The van der Waals surface area contributed by atoms with E-state index in [-0.39, 0.29) is 5.82 Å². The van der Waals surface area contributed by atoms with Gasteiger partial charge in [0.2, 0.25) is 0 Å². The summed E-state index contributed by atoms with van der Waals surface area (Å²) in [5, 5.41) is 3.36. The van der Waals surface area contributed by atoms with E-state index in [1.165, 1.54) is 13.2 Å². The highest BCUT2D eigenvalue weighted by molar-refractivity contribution is 5.50. The quantitative estimate of drug-likeness (QED) is 0.826. The lowest BCUT2D eigenvalue weighted by Crippen LogP contribution is -2.49. The Labute approximate surface area is 95.2 Å². The molecule has 1 aromatic carbocycles. The Bertz CT molecular complexity index is 370. The summed E-state index contributed by atoms with van der Waals surface area (Å²) in [7, 11) is 1.48. The number of rotatable bonds is 2. The Hall–Kier alpha value is -1.29. The number of hydrogen-bond donors (Lipinski definition) is 1. The molecular weight excluding hydrogens is 207 g/mol. The standard InChI is InChI=1S/C12H17FN2O/c1-9-8-15(6-5-14-9)10-3-4-12(16-2)11(13)7-10/h3-4,7,9,14H,5-6,8H2,1-2H3. The average Bonchev–Trinajstić information content (AvgIpc) is 2.29. The van der Waals surface area contributed by atoms with E-state index < -0.39 is 0 Å². The van der Waals surface area contributed by atoms with Crippen LogP contribution in [0.25, 0.3) is 0 Å². The molecular formula is C12H17FN2O. The van der Waals surface area contributed by atoms with E-state index in [0.29, 0.717) is 11.8 Å². The van der Waals surface area contributed by atoms with Gasteiger partial charge in [0.05, 0.1) is 7.11 Å². The van der Waals surface area contributed by atoms with Crippen molar-refractivity contribution in [3.05, 3.63) is 24.0 Å². The van der Waals surface area contributed by atoms with Crippen molar-refractivity contribution < 1.29 is 9.13 Å². The van der Waals surface area contributed by atoms with E-state index in [1.807, 2.05) is 6.07 Å². The number of hydrogen-bond acceptors (Lipinski definition) is 3. The molecule has 1 aromatic rings. The summed E-state index contributed by atoms with van der Waals surface area (Å²) in [5.41, 5.74) is 0.923. The summed E-state index contributed by atoms with van der Waals surface area (Å²) < 4.78 is 18.4. The van der Waals surface area contributed by atoms with Crippen molar-refractivity contribution >= 4 is 5.69 Å². The molecule has 88 valence electrons. The van der Waals surface area contributed by atoms with Crippen LogP contribution < -0.4 is 15.0 Å². The van der Waals surface area contributed by atoms with E-state index in [2.05, 4.69) is 17.1 Å². The first-order chi connectivity index (χ1) is 7.70. The van der Waals surface area contributed by atoms with Gasteiger partial charge in [0.15, 0.2) is 11.6 Å². The van der Waals surface area contributed by atoms with Gasteiger partial charge in [-0.25, -0.2) is 4.39 Å². The molecule has 3 nitrogen and oxygen atoms in total. The van der Waals surface area contributed by atoms with Crippen LogP contribution in [0.15, 0.2) is 18.2 Å². The van der Waals surface area contributed by atoms with Crippen LogP contribution in [0.1, 0.15) is 6.92 Å². The zero-order valence-electron chi connectivity index (χ0n) is 9.66. The first kappa shape index (κ1) is 11.2. The zero-order valence-corrected chi connectivity index (χ0v) is 9.66. The maximum absolute atomic E-state index is 13.5. The molecule has 4 heteroatoms. The smallest absolute Gasteiger partial charge is 0.167 e. The Morgan fingerprint density at radius 3 is 2.94 bits per heavy atom. The molecule has 0 aliphatic carbocycles. The Morgan fingerprint density at radius 1 is 1.50 bits per heavy atom. The highest BCUT2D eigenvalue weighted by Crippen LogP contribution is 2.24. The molecule has 1 fully saturated rings. The monoisotopic (exact) mass is 224 g/mol. The fraction of sp³-hybridized carbons (Fsp3) is 0.500. The molecule has 16 heavy (non-hydrogen) atoms. The molecule has 0 saturated carbocycles. The highest BCUT2D eigenvalue weighted by Gasteiger charge is 2.16. The van der Waals surface area contributed by atoms with Crippen LogP contribution in [0.3, 0.4) is 0 Å². The lowest BCUT2D eigenvalue weighted by molar-refractivity contribution is 0.386. The third-order valence-electron chi connectivity index (χ3n) is 2.87. The third kappa shape index (κ3) is 2.27. The maximum Gasteiger partial charge on any atom is 0.167 e. The van der Waals surface area contributed by atoms with Gasteiger partial charge in [0.25, 0.3) is 0 Å². The minimum absolute atomic E-state index is 0.298. The maximum atomic E-state index is 13.5. The Morgan fingerprint density at radius 2 is 2.31 bits per heavy atom. The van der Waals surface area contributed by atoms with Crippen LogP contribution in [0, 0.1) is 5.82 Å². The van der Waals surface area contributed by atoms with E-state index in [9.17, 15) is 4.39 Å². The van der Waals surface area contributed by atoms with Crippen molar-refractivity contribution in [3.8, 4) is 5.75 Å². The topological polar surface area (TPSA) is 24.5 Å². The summed E-state index contributed by atoms with van der Waals surface area (Å²) in [6.45, 7) is 4.89. The van der Waals surface area contributed by atoms with Gasteiger partial charge in [-0.1, -0.05) is 0 Å². The third-order valence-corrected chi connectivity index (χ3v) is 2.87. The average molecular weight is 224 g/mol. The van der Waals surface area contributed by atoms with Crippen molar-refractivity contribution in [1.29, 1.82) is 0 Å². The fourth-order valence-electron chi connectivity index (χ4n) is 2.02. The van der Waals surface area contributed by atoms with Crippen LogP contribution in [0.5, 0.6) is 5.75 Å². The lowest BCUT2D eigenvalue weighted by atomic mass is 10.2. The van der Waals surface area contributed by atoms with Crippen molar-refractivity contribution in [2.75, 3.05) is 31.6 Å². The van der Waals surface area contributed by atoms with Gasteiger partial charge in [0.1, 0.15) is 0 Å². The second-order valence-electron chi connectivity index (χ2n) is 4.12. The fourth-order valence-corrected chi connectivity index (χ4v) is 2.02. The number of nitrogens with one attached hydrogen (secondary N) is 1. The number of methoxy groups -OCH3 is 1. The summed E-state index contributed by atoms with van der Waals surface area (Å²) in [6.07, 6.45) is 0. The highest BCUT2D eigenvalue weighted by atomic mass is 19.1. The van der Waals surface area contributed by atoms with Crippen molar-refractivity contribution in [2.24, 2.45) is 0 Å². The molecule has 1 unspecified atom stereocenters. The van der Waals surface area contributed by atoms with E-state index in [0.717, 1.165) is 25.3 Å². The number of benzene rings is 1. The van der Waals surface area contributed by atoms with Crippen LogP contribution in [-0.2, 0) is 0 Å². The van der Waals surface area contributed by atoms with Crippen molar-refractivity contribution in [2.45, 2.75) is 13.0 Å². The van der Waals surface area contributed by atoms with Crippen LogP contribution >= 0.6 is 0 Å². The predicted octanol–water partition coefficient (Wildman–Crippen LogP) is 1.63. The molecule has 2 rings (SSSR count). The molecule has 0 radical (unpaired) electrons. The first-order valence-electron chi connectivity index (χ1n) is 5.52. The summed E-state index contributed by atoms with van der Waals surface area (Å²) in [4.78, 5) is 2.18. The molecule has 1 N–H and O–H groups in total. The van der Waals surface area contributed by atoms with E-state index in [4.69, 9.17) is 4.74 Å². The van der Waals surface area contributed by atoms with Gasteiger partial charge >= 0.3 is 0 Å². The zero-order chi connectivity index (χ0) is 11.5. The first-order valence-corrected chi connectivity index (χ1v) is 5.52. The Balaban J connectivity index is 2.17. The molecule has 1 aliphatic heterocycles. The predicted molar refractivity (Wildman–Crippen MR) is 62.6 cm³/mol. The van der Waals surface area contributed by atoms with E-state index in [1.54, 1.807) is 6.07 Å². The van der Waals surface area contributed by atoms with E-state index >= 15 is 0 Å². The largest absolute Gasteiger partial charge is 0.494 e. The summed E-state index contributed by atoms with van der Waals surface area (Å²) in [5.74, 6) is -0.00174. The molecule has 1 aliphatic rings. The molecule has 1 atom stereocenters. The van der Waals surface area contributed by atoms with Gasteiger partial charge in [0, 0.05) is 37.4 Å². The van der Waals surface area contributed by atoms with Crippen molar-refractivity contribution in [3.63, 3.8) is 0 Å². The van der Waals surface area contributed by atoms with Gasteiger partial charge < -0.3 is 15.0 Å². The van der Waals surface area contributed by atoms with Crippen molar-refractivity contribution in [1.82, 2.24) is 5.32 Å². The summed E-state index contributed by atoms with van der Waals surface area (Å²) in [6, 6.07) is 5.56. The molecule has 0 aromatic heterocycles. The molecule has 0 spiro atoms. The second kappa shape index (κ2) is 4.70. The van der Waals surface area contributed by atoms with Crippen LogP contribution in [0.2, 0.25) is 0 Å². The SMILES string of the molecule is COc1ccc(N2CCNC(C)C2)cc1F. The number of anilines is 1. The second-order valence-corrected chi connectivity index (χ2v) is 4.12. The molecule has 1 saturated heterocycles. The summed E-state index contributed by atoms with van der Waals surface area (Å²) >= 11 is 0. The number of nitrogens with zero attached hydrogens (tertiary/aromatic N) is 1. The minimum atomic E-state index is -0.300. The van der Waals surface area contributed by atoms with Gasteiger partial charge in [-0.3, -0.25) is 0 Å². The molecule has 1 heterocycles. The van der Waals surface area contributed by atoms with Gasteiger partial charge in [-0.15, -0.1) is 0 Å². The number of piperazine rings is 1. The normalized spacial score (nSPS) is 20.9.